The van der Waals surface area contributed by atoms with Crippen LogP contribution in [0.25, 0.3) is 0 Å². The van der Waals surface area contributed by atoms with Crippen LogP contribution in [-0.2, 0) is 4.79 Å². The number of carbonyl (C=O) groups excluding carboxylic acids is 1. The van der Waals surface area contributed by atoms with Crippen molar-refractivity contribution in [3.05, 3.63) is 0 Å². The number of nitrogens with one attached hydrogen (secondary N) is 1. The van der Waals surface area contributed by atoms with Crippen molar-refractivity contribution >= 4 is 5.78 Å². The SMILES string of the molecule is CC(C)CNCC(=O)CN. The van der Waals surface area contributed by atoms with E-state index in [0.717, 1.165) is 6.54 Å². The average Bonchev–Trinajstić information content (AvgIpc) is 1.87. The maximum absolute atomic E-state index is 10.6. The molecule has 0 fully saturated rings. The van der Waals surface area contributed by atoms with Crippen LogP contribution in [0.5, 0.6) is 0 Å². The van der Waals surface area contributed by atoms with Crippen LogP contribution in [0.3, 0.4) is 0 Å². The van der Waals surface area contributed by atoms with Gasteiger partial charge in [-0.3, -0.25) is 4.79 Å². The van der Waals surface area contributed by atoms with Gasteiger partial charge in [0.2, 0.25) is 0 Å². The second-order valence-corrected chi connectivity index (χ2v) is 2.77. The summed E-state index contributed by atoms with van der Waals surface area (Å²) in [6, 6.07) is 0. The number of Topliss-reactive ketones (excluding diaryl/α,β-unsaturated/α-hetero) is 1. The molecule has 0 unspecified atom stereocenters. The molecule has 0 rings (SSSR count). The second kappa shape index (κ2) is 5.38. The lowest BCUT2D eigenvalue weighted by atomic mass is 10.2. The highest BCUT2D eigenvalue weighted by atomic mass is 16.1. The number of rotatable bonds is 5. The first-order valence-electron chi connectivity index (χ1n) is 3.59. The van der Waals surface area contributed by atoms with Gasteiger partial charge in [0, 0.05) is 0 Å². The molecule has 0 radical (unpaired) electrons. The maximum atomic E-state index is 10.6. The minimum absolute atomic E-state index is 0.0700. The molecule has 0 aliphatic rings. The molecule has 3 N–H and O–H groups in total. The van der Waals surface area contributed by atoms with E-state index in [0.29, 0.717) is 12.5 Å². The zero-order valence-corrected chi connectivity index (χ0v) is 6.68. The van der Waals surface area contributed by atoms with E-state index in [-0.39, 0.29) is 12.3 Å². The van der Waals surface area contributed by atoms with Gasteiger partial charge in [-0.05, 0) is 12.5 Å². The van der Waals surface area contributed by atoms with E-state index in [4.69, 9.17) is 5.73 Å². The van der Waals surface area contributed by atoms with Crippen molar-refractivity contribution in [2.75, 3.05) is 19.6 Å². The van der Waals surface area contributed by atoms with Crippen molar-refractivity contribution in [2.24, 2.45) is 11.7 Å². The molecule has 0 aromatic rings. The van der Waals surface area contributed by atoms with Gasteiger partial charge in [0.25, 0.3) is 0 Å². The Kier molecular flexibility index (Phi) is 5.16. The molecule has 0 atom stereocenters. The highest BCUT2D eigenvalue weighted by molar-refractivity contribution is 5.82. The summed E-state index contributed by atoms with van der Waals surface area (Å²) < 4.78 is 0. The van der Waals surface area contributed by atoms with E-state index >= 15 is 0 Å². The van der Waals surface area contributed by atoms with E-state index < -0.39 is 0 Å². The predicted molar refractivity (Wildman–Crippen MR) is 41.8 cm³/mol. The molecule has 3 heteroatoms. The third-order valence-corrected chi connectivity index (χ3v) is 1.10. The zero-order valence-electron chi connectivity index (χ0n) is 6.68. The number of carbonyl (C=O) groups is 1. The van der Waals surface area contributed by atoms with Crippen LogP contribution in [0, 0.1) is 5.92 Å². The Bertz CT molecular complexity index is 102. The van der Waals surface area contributed by atoms with Gasteiger partial charge >= 0.3 is 0 Å². The minimum atomic E-state index is 0.0700. The average molecular weight is 144 g/mol. The van der Waals surface area contributed by atoms with Gasteiger partial charge in [0.1, 0.15) is 0 Å². The third kappa shape index (κ3) is 5.72. The van der Waals surface area contributed by atoms with Gasteiger partial charge in [0.15, 0.2) is 5.78 Å². The van der Waals surface area contributed by atoms with Crippen molar-refractivity contribution in [3.8, 4) is 0 Å². The van der Waals surface area contributed by atoms with Crippen LogP contribution < -0.4 is 11.1 Å². The molecule has 0 saturated carbocycles. The van der Waals surface area contributed by atoms with Gasteiger partial charge in [-0.2, -0.15) is 0 Å². The van der Waals surface area contributed by atoms with Crippen molar-refractivity contribution in [1.29, 1.82) is 0 Å². The van der Waals surface area contributed by atoms with Crippen LogP contribution in [0.4, 0.5) is 0 Å². The molecule has 0 bridgehead atoms. The van der Waals surface area contributed by atoms with Crippen LogP contribution in [0.1, 0.15) is 13.8 Å². The molecule has 0 aromatic carbocycles. The van der Waals surface area contributed by atoms with Crippen molar-refractivity contribution in [1.82, 2.24) is 5.32 Å². The van der Waals surface area contributed by atoms with Crippen molar-refractivity contribution < 1.29 is 4.79 Å². The van der Waals surface area contributed by atoms with Crippen LogP contribution in [-0.4, -0.2) is 25.4 Å². The Morgan fingerprint density at radius 3 is 2.60 bits per heavy atom. The Hall–Kier alpha value is -0.410. The Morgan fingerprint density at radius 1 is 1.60 bits per heavy atom. The Balaban J connectivity index is 3.12. The summed E-state index contributed by atoms with van der Waals surface area (Å²) >= 11 is 0. The molecular formula is C7H16N2O. The van der Waals surface area contributed by atoms with Gasteiger partial charge in [-0.1, -0.05) is 13.8 Å². The number of ketones is 1. The van der Waals surface area contributed by atoms with E-state index in [1.807, 2.05) is 0 Å². The summed E-state index contributed by atoms with van der Waals surface area (Å²) in [6.45, 7) is 5.63. The summed E-state index contributed by atoms with van der Waals surface area (Å²) in [4.78, 5) is 10.6. The van der Waals surface area contributed by atoms with Gasteiger partial charge in [-0.25, -0.2) is 0 Å². The van der Waals surface area contributed by atoms with Gasteiger partial charge in [0.05, 0.1) is 13.1 Å². The van der Waals surface area contributed by atoms with E-state index in [2.05, 4.69) is 19.2 Å². The zero-order chi connectivity index (χ0) is 7.98. The molecule has 60 valence electrons. The molecule has 3 nitrogen and oxygen atoms in total. The van der Waals surface area contributed by atoms with E-state index in [1.54, 1.807) is 0 Å². The molecular weight excluding hydrogens is 128 g/mol. The molecule has 0 amide bonds. The van der Waals surface area contributed by atoms with E-state index in [9.17, 15) is 4.79 Å². The van der Waals surface area contributed by atoms with Crippen molar-refractivity contribution in [3.63, 3.8) is 0 Å². The quantitative estimate of drug-likeness (QED) is 0.560. The second-order valence-electron chi connectivity index (χ2n) is 2.77. The topological polar surface area (TPSA) is 55.1 Å². The van der Waals surface area contributed by atoms with Gasteiger partial charge < -0.3 is 11.1 Å². The first-order chi connectivity index (χ1) is 4.66. The van der Waals surface area contributed by atoms with Crippen LogP contribution in [0.15, 0.2) is 0 Å². The molecule has 0 aliphatic heterocycles. The maximum Gasteiger partial charge on any atom is 0.160 e. The summed E-state index contributed by atoms with van der Waals surface area (Å²) in [5.74, 6) is 0.659. The smallest absolute Gasteiger partial charge is 0.160 e. The van der Waals surface area contributed by atoms with Crippen molar-refractivity contribution in [2.45, 2.75) is 13.8 Å². The summed E-state index contributed by atoms with van der Waals surface area (Å²) in [5.41, 5.74) is 5.10. The number of hydrogen-bond donors (Lipinski definition) is 2. The van der Waals surface area contributed by atoms with E-state index in [1.165, 1.54) is 0 Å². The number of nitrogens with two attached hydrogens (primary N) is 1. The standard InChI is InChI=1S/C7H16N2O/c1-6(2)4-9-5-7(10)3-8/h6,9H,3-5,8H2,1-2H3. The predicted octanol–water partition coefficient (Wildman–Crippen LogP) is -0.240. The lowest BCUT2D eigenvalue weighted by Gasteiger charge is -2.04. The molecule has 0 aromatic heterocycles. The highest BCUT2D eigenvalue weighted by Crippen LogP contribution is 1.85. The Labute approximate surface area is 62.0 Å². The molecule has 0 spiro atoms. The first-order valence-corrected chi connectivity index (χ1v) is 3.59. The third-order valence-electron chi connectivity index (χ3n) is 1.10. The number of hydrogen-bond acceptors (Lipinski definition) is 3. The summed E-state index contributed by atoms with van der Waals surface area (Å²) in [6.07, 6.45) is 0. The fourth-order valence-corrected chi connectivity index (χ4v) is 0.572. The summed E-state index contributed by atoms with van der Waals surface area (Å²) in [7, 11) is 0. The van der Waals surface area contributed by atoms with Crippen LogP contribution >= 0.6 is 0 Å². The minimum Gasteiger partial charge on any atom is -0.324 e. The highest BCUT2D eigenvalue weighted by Gasteiger charge is 1.97. The molecule has 0 aliphatic carbocycles. The lowest BCUT2D eigenvalue weighted by Crippen LogP contribution is -2.30. The molecule has 10 heavy (non-hydrogen) atoms. The molecule has 0 saturated heterocycles. The van der Waals surface area contributed by atoms with Crippen LogP contribution in [0.2, 0.25) is 0 Å². The lowest BCUT2D eigenvalue weighted by molar-refractivity contribution is -0.116. The monoisotopic (exact) mass is 144 g/mol. The summed E-state index contributed by atoms with van der Waals surface area (Å²) in [5, 5.41) is 3.01. The molecule has 0 heterocycles. The fraction of sp³-hybridized carbons (Fsp3) is 0.857. The Morgan fingerprint density at radius 2 is 2.20 bits per heavy atom. The fourth-order valence-electron chi connectivity index (χ4n) is 0.572. The first kappa shape index (κ1) is 9.59. The largest absolute Gasteiger partial charge is 0.324 e. The van der Waals surface area contributed by atoms with Gasteiger partial charge in [-0.15, -0.1) is 0 Å². The normalized spacial score (nSPS) is 10.4.